The molecule has 1 aromatic heterocycles. The summed E-state index contributed by atoms with van der Waals surface area (Å²) in [6.45, 7) is 12.1. The first-order valence-electron chi connectivity index (χ1n) is 17.0. The first kappa shape index (κ1) is 42.7. The molecular weight excluding hydrogens is 631 g/mol. The van der Waals surface area contributed by atoms with Crippen LogP contribution in [0.1, 0.15) is 113 Å². The molecule has 266 valence electrons. The molecule has 9 nitrogen and oxygen atoms in total. The molecule has 2 aliphatic heterocycles. The lowest BCUT2D eigenvalue weighted by Gasteiger charge is -2.27. The molecule has 1 saturated heterocycles. The predicted octanol–water partition coefficient (Wildman–Crippen LogP) is 7.85. The summed E-state index contributed by atoms with van der Waals surface area (Å²) in [5, 5.41) is 31.2. The van der Waals surface area contributed by atoms with E-state index in [-0.39, 0.29) is 11.9 Å². The number of anilines is 2. The number of benzene rings is 1. The third-order valence-corrected chi connectivity index (χ3v) is 8.29. The summed E-state index contributed by atoms with van der Waals surface area (Å²) in [6, 6.07) is 10.4. The Labute approximate surface area is 288 Å². The molecule has 2 fully saturated rings. The van der Waals surface area contributed by atoms with Gasteiger partial charge in [-0.15, -0.1) is 9.24 Å². The number of amides is 1. The predicted molar refractivity (Wildman–Crippen MR) is 198 cm³/mol. The Morgan fingerprint density at radius 1 is 1.23 bits per heavy atom. The van der Waals surface area contributed by atoms with Crippen molar-refractivity contribution in [1.82, 2.24) is 10.3 Å². The molecule has 2 aromatic rings. The molecule has 1 saturated carbocycles. The fourth-order valence-corrected chi connectivity index (χ4v) is 5.42. The van der Waals surface area contributed by atoms with Crippen LogP contribution < -0.4 is 20.8 Å². The number of rotatable bonds is 12. The van der Waals surface area contributed by atoms with Crippen LogP contribution in [-0.4, -0.2) is 56.0 Å². The summed E-state index contributed by atoms with van der Waals surface area (Å²) in [6.07, 6.45) is 9.05. The summed E-state index contributed by atoms with van der Waals surface area (Å²) >= 11 is 0. The highest BCUT2D eigenvalue weighted by atomic mass is 31.0. The van der Waals surface area contributed by atoms with Crippen LogP contribution in [0.3, 0.4) is 0 Å². The molecule has 3 heterocycles. The highest BCUT2D eigenvalue weighted by Gasteiger charge is 2.32. The van der Waals surface area contributed by atoms with Crippen molar-refractivity contribution < 1.29 is 18.3 Å². The molecule has 3 aliphatic rings. The molecule has 1 amide bonds. The minimum atomic E-state index is -1.75. The van der Waals surface area contributed by atoms with Gasteiger partial charge < -0.3 is 26.2 Å². The van der Waals surface area contributed by atoms with Crippen molar-refractivity contribution in [3.63, 3.8) is 0 Å². The zero-order valence-electron chi connectivity index (χ0n) is 29.4. The third-order valence-electron chi connectivity index (χ3n) is 7.77. The van der Waals surface area contributed by atoms with Crippen molar-refractivity contribution in [3.05, 3.63) is 46.5 Å². The molecule has 1 aliphatic carbocycles. The van der Waals surface area contributed by atoms with Crippen molar-refractivity contribution in [2.45, 2.75) is 98.6 Å². The summed E-state index contributed by atoms with van der Waals surface area (Å²) in [5.74, 6) is 1.95. The van der Waals surface area contributed by atoms with Crippen molar-refractivity contribution in [2.75, 3.05) is 43.4 Å². The van der Waals surface area contributed by atoms with Crippen LogP contribution in [0.5, 0.6) is 0 Å². The third kappa shape index (κ3) is 14.4. The van der Waals surface area contributed by atoms with E-state index in [1.807, 2.05) is 32.0 Å². The number of aromatic nitrogens is 1. The average molecular weight is 688 g/mol. The Bertz CT molecular complexity index is 1310. The number of fused-ring (bicyclic) bond motifs is 1. The molecule has 12 heteroatoms. The summed E-state index contributed by atoms with van der Waals surface area (Å²) in [5.41, 5.74) is 4.49. The van der Waals surface area contributed by atoms with Gasteiger partial charge in [-0.2, -0.15) is 5.26 Å². The van der Waals surface area contributed by atoms with Gasteiger partial charge in [0.05, 0.1) is 19.0 Å². The Kier molecular flexibility index (Phi) is 22.0. The van der Waals surface area contributed by atoms with Gasteiger partial charge in [0, 0.05) is 43.5 Å². The van der Waals surface area contributed by atoms with Crippen molar-refractivity contribution in [1.29, 1.82) is 16.1 Å². The van der Waals surface area contributed by atoms with Crippen molar-refractivity contribution in [3.8, 4) is 6.07 Å². The lowest BCUT2D eigenvalue weighted by Crippen LogP contribution is -2.29. The first-order valence-corrected chi connectivity index (χ1v) is 17.6. The Morgan fingerprint density at radius 2 is 1.85 bits per heavy atom. The number of carbonyl (C=O) groups is 1. The molecule has 0 spiro atoms. The number of alkyl halides is 2. The highest BCUT2D eigenvalue weighted by molar-refractivity contribution is 7.27. The van der Waals surface area contributed by atoms with E-state index in [9.17, 15) is 13.6 Å². The summed E-state index contributed by atoms with van der Waals surface area (Å²) in [7, 11) is 2.81. The second-order valence-corrected chi connectivity index (χ2v) is 12.0. The number of hydrogen-bond acceptors (Lipinski definition) is 8. The minimum absolute atomic E-state index is 0.0435. The molecule has 0 bridgehead atoms. The first-order chi connectivity index (χ1) is 23.2. The van der Waals surface area contributed by atoms with Gasteiger partial charge in [0.1, 0.15) is 11.6 Å². The van der Waals surface area contributed by atoms with E-state index >= 15 is 0 Å². The van der Waals surface area contributed by atoms with E-state index in [1.54, 1.807) is 11.8 Å². The monoisotopic (exact) mass is 687 g/mol. The van der Waals surface area contributed by atoms with Gasteiger partial charge in [-0.1, -0.05) is 33.6 Å². The van der Waals surface area contributed by atoms with Gasteiger partial charge in [0.2, 0.25) is 6.93 Å². The van der Waals surface area contributed by atoms with Crippen molar-refractivity contribution in [2.24, 2.45) is 5.92 Å². The zero-order valence-corrected chi connectivity index (χ0v) is 30.6. The van der Waals surface area contributed by atoms with Gasteiger partial charge in [0.15, 0.2) is 0 Å². The van der Waals surface area contributed by atoms with Crippen LogP contribution in [-0.2, 0) is 17.7 Å². The molecule has 48 heavy (non-hydrogen) atoms. The maximum atomic E-state index is 13.6. The zero-order chi connectivity index (χ0) is 35.9. The number of nitrogens with one attached hydrogen (secondary N) is 4. The topological polar surface area (TPSA) is 138 Å². The minimum Gasteiger partial charge on any atom is -0.381 e. The molecule has 5 rings (SSSR count). The van der Waals surface area contributed by atoms with Gasteiger partial charge in [0.25, 0.3) is 5.91 Å². The van der Waals surface area contributed by atoms with Crippen LogP contribution in [0.4, 0.5) is 20.4 Å². The van der Waals surface area contributed by atoms with Crippen LogP contribution in [0.15, 0.2) is 24.3 Å². The maximum absolute atomic E-state index is 13.6. The van der Waals surface area contributed by atoms with Gasteiger partial charge in [-0.25, -0.2) is 13.8 Å². The second kappa shape index (κ2) is 24.8. The average Bonchev–Trinajstić information content (AvgIpc) is 3.34. The summed E-state index contributed by atoms with van der Waals surface area (Å²) in [4.78, 5) is 20.1. The Hall–Kier alpha value is -3.32. The second-order valence-electron chi connectivity index (χ2n) is 11.4. The number of nitrogens with zero attached hydrogens (tertiary/aromatic N) is 3. The van der Waals surface area contributed by atoms with Crippen LogP contribution in [0, 0.1) is 28.1 Å². The SMILES string of the molecule is C1COC1.CC.CC=N.CCCC(=N)Cc1cc(NCCC#N)nc(N2Cc3c(P)cc(C(C)NCC4CCC4)cc3C2=O)c1.FCF. The van der Waals surface area contributed by atoms with E-state index in [4.69, 9.17) is 25.8 Å². The number of pyridine rings is 1. The molecule has 0 radical (unpaired) electrons. The number of halogens is 2. The molecule has 4 N–H and O–H groups in total. The van der Waals surface area contributed by atoms with Crippen LogP contribution in [0.25, 0.3) is 0 Å². The maximum Gasteiger partial charge on any atom is 0.260 e. The van der Waals surface area contributed by atoms with Crippen molar-refractivity contribution >= 4 is 44.0 Å². The van der Waals surface area contributed by atoms with Gasteiger partial charge in [-0.05, 0) is 104 Å². The number of hydrogen-bond donors (Lipinski definition) is 4. The van der Waals surface area contributed by atoms with E-state index in [0.717, 1.165) is 66.1 Å². The lowest BCUT2D eigenvalue weighted by molar-refractivity contribution is 0.0367. The molecule has 2 unspecified atom stereocenters. The Morgan fingerprint density at radius 3 is 2.38 bits per heavy atom. The lowest BCUT2D eigenvalue weighted by atomic mass is 9.85. The van der Waals surface area contributed by atoms with E-state index in [2.05, 4.69) is 45.9 Å². The smallest absolute Gasteiger partial charge is 0.260 e. The standard InChI is InChI=1S/C28H37N6OP.C3H6O.C2H5N.C2H6.CH2F2/c1-3-6-22(30)11-20-12-26(31-10-5-9-29)33-27(13-20)34-17-24-23(28(34)35)14-21(15-25(24)36)18(2)32-16-19-7-4-8-19;1-2-4-3-1;1-2-3;1-2;2-1-3/h12-15,18-19,30,32H,3-8,10-11,16-17,36H2,1-2H3,(H,31,33);1-3H2;2-3H,1H3;1-2H3;1H2. The van der Waals surface area contributed by atoms with E-state index < -0.39 is 6.93 Å². The van der Waals surface area contributed by atoms with Crippen LogP contribution >= 0.6 is 9.24 Å². The number of carbonyl (C=O) groups excluding carboxylic acids is 1. The number of nitriles is 1. The van der Waals surface area contributed by atoms with Gasteiger partial charge in [-0.3, -0.25) is 9.69 Å². The molecule has 2 atom stereocenters. The van der Waals surface area contributed by atoms with Crippen LogP contribution in [0.2, 0.25) is 0 Å². The normalized spacial score (nSPS) is 14.6. The van der Waals surface area contributed by atoms with Gasteiger partial charge >= 0.3 is 0 Å². The fourth-order valence-electron chi connectivity index (χ4n) is 4.98. The fraction of sp³-hybridized carbons (Fsp3) is 0.583. The summed E-state index contributed by atoms with van der Waals surface area (Å²) < 4.78 is 24.0. The number of ether oxygens (including phenoxy) is 1. The largest absolute Gasteiger partial charge is 0.381 e. The highest BCUT2D eigenvalue weighted by Crippen LogP contribution is 2.32. The molecule has 1 aromatic carbocycles. The van der Waals surface area contributed by atoms with E-state index in [1.165, 1.54) is 31.9 Å². The Balaban J connectivity index is 0.000000828. The quantitative estimate of drug-likeness (QED) is 0.102. The molecular formula is C36H56F2N7O2P. The van der Waals surface area contributed by atoms with E-state index in [0.29, 0.717) is 43.3 Å².